The quantitative estimate of drug-likeness (QED) is 0.748. The van der Waals surface area contributed by atoms with E-state index in [2.05, 4.69) is 12.2 Å². The van der Waals surface area contributed by atoms with Crippen molar-refractivity contribution in [1.82, 2.24) is 5.32 Å². The minimum atomic E-state index is -0.323. The number of para-hydroxylation sites is 1. The van der Waals surface area contributed by atoms with Crippen LogP contribution >= 0.6 is 0 Å². The van der Waals surface area contributed by atoms with Crippen molar-refractivity contribution < 1.29 is 4.39 Å². The van der Waals surface area contributed by atoms with Crippen molar-refractivity contribution in [1.29, 1.82) is 0 Å². The Balaban J connectivity index is 1.91. The summed E-state index contributed by atoms with van der Waals surface area (Å²) in [4.78, 5) is 0. The van der Waals surface area contributed by atoms with Crippen LogP contribution in [0.25, 0.3) is 0 Å². The molecule has 0 aliphatic heterocycles. The van der Waals surface area contributed by atoms with Gasteiger partial charge in [0.25, 0.3) is 0 Å². The summed E-state index contributed by atoms with van der Waals surface area (Å²) < 4.78 is 13.1. The molecule has 0 atom stereocenters. The third-order valence-electron chi connectivity index (χ3n) is 3.10. The highest BCUT2D eigenvalue weighted by Gasteiger charge is 2.24. The number of anilines is 1. The van der Waals surface area contributed by atoms with Crippen molar-refractivity contribution in [3.05, 3.63) is 29.6 Å². The molecule has 0 amide bonds. The minimum Gasteiger partial charge on any atom is -0.396 e. The van der Waals surface area contributed by atoms with E-state index in [4.69, 9.17) is 5.73 Å². The van der Waals surface area contributed by atoms with Crippen LogP contribution in [0, 0.1) is 11.7 Å². The van der Waals surface area contributed by atoms with Gasteiger partial charge in [-0.25, -0.2) is 4.39 Å². The predicted octanol–water partition coefficient (Wildman–Crippen LogP) is 2.30. The molecular formula is C12H17FN2. The van der Waals surface area contributed by atoms with E-state index in [0.717, 1.165) is 11.5 Å². The molecule has 0 aromatic heterocycles. The zero-order valence-corrected chi connectivity index (χ0v) is 8.96. The van der Waals surface area contributed by atoms with E-state index in [1.165, 1.54) is 18.9 Å². The molecule has 1 fully saturated rings. The minimum absolute atomic E-state index is 0.275. The molecule has 3 heteroatoms. The lowest BCUT2D eigenvalue weighted by Gasteiger charge is -2.33. The average molecular weight is 208 g/mol. The van der Waals surface area contributed by atoms with Gasteiger partial charge in [0.1, 0.15) is 5.82 Å². The Morgan fingerprint density at radius 2 is 2.20 bits per heavy atom. The third-order valence-corrected chi connectivity index (χ3v) is 3.10. The molecule has 1 saturated carbocycles. The van der Waals surface area contributed by atoms with Gasteiger partial charge in [-0.05, 0) is 30.4 Å². The van der Waals surface area contributed by atoms with E-state index in [0.29, 0.717) is 12.6 Å². The Hall–Kier alpha value is -1.09. The molecule has 1 aromatic rings. The van der Waals surface area contributed by atoms with Gasteiger partial charge in [-0.3, -0.25) is 0 Å². The summed E-state index contributed by atoms with van der Waals surface area (Å²) in [5.74, 6) is 0.503. The number of hydrogen-bond acceptors (Lipinski definition) is 2. The standard InChI is InChI=1S/C12H17FN2/c1-8-5-10(6-8)15-7-9-3-2-4-11(13)12(9)14/h2-4,8,10,15H,5-7,14H2,1H3. The number of rotatable bonds is 3. The summed E-state index contributed by atoms with van der Waals surface area (Å²) in [6.45, 7) is 2.91. The van der Waals surface area contributed by atoms with Crippen LogP contribution in [-0.4, -0.2) is 6.04 Å². The molecular weight excluding hydrogens is 191 g/mol. The van der Waals surface area contributed by atoms with E-state index in [1.807, 2.05) is 6.07 Å². The van der Waals surface area contributed by atoms with Gasteiger partial charge in [0, 0.05) is 12.6 Å². The van der Waals surface area contributed by atoms with Crippen molar-refractivity contribution >= 4 is 5.69 Å². The lowest BCUT2D eigenvalue weighted by molar-refractivity contribution is 0.240. The number of nitrogens with one attached hydrogen (secondary N) is 1. The molecule has 2 rings (SSSR count). The molecule has 3 N–H and O–H groups in total. The second kappa shape index (κ2) is 4.19. The van der Waals surface area contributed by atoms with Crippen LogP contribution in [0.15, 0.2) is 18.2 Å². The summed E-state index contributed by atoms with van der Waals surface area (Å²) in [6, 6.07) is 5.55. The van der Waals surface area contributed by atoms with Crippen molar-refractivity contribution in [3.63, 3.8) is 0 Å². The molecule has 0 radical (unpaired) electrons. The van der Waals surface area contributed by atoms with Gasteiger partial charge < -0.3 is 11.1 Å². The maximum atomic E-state index is 13.1. The Labute approximate surface area is 89.7 Å². The highest BCUT2D eigenvalue weighted by Crippen LogP contribution is 2.27. The lowest BCUT2D eigenvalue weighted by atomic mass is 9.82. The fourth-order valence-electron chi connectivity index (χ4n) is 2.06. The molecule has 1 aromatic carbocycles. The second-order valence-corrected chi connectivity index (χ2v) is 4.47. The lowest BCUT2D eigenvalue weighted by Crippen LogP contribution is -2.39. The van der Waals surface area contributed by atoms with Crippen molar-refractivity contribution in [2.24, 2.45) is 5.92 Å². The molecule has 0 unspecified atom stereocenters. The van der Waals surface area contributed by atoms with Crippen LogP contribution in [0.1, 0.15) is 25.3 Å². The van der Waals surface area contributed by atoms with Crippen LogP contribution in [0.4, 0.5) is 10.1 Å². The molecule has 2 nitrogen and oxygen atoms in total. The number of nitrogen functional groups attached to an aromatic ring is 1. The van der Waals surface area contributed by atoms with Crippen molar-refractivity contribution in [2.75, 3.05) is 5.73 Å². The maximum absolute atomic E-state index is 13.1. The summed E-state index contributed by atoms with van der Waals surface area (Å²) in [7, 11) is 0. The van der Waals surface area contributed by atoms with Gasteiger partial charge >= 0.3 is 0 Å². The van der Waals surface area contributed by atoms with Crippen LogP contribution in [0.3, 0.4) is 0 Å². The maximum Gasteiger partial charge on any atom is 0.146 e. The van der Waals surface area contributed by atoms with E-state index < -0.39 is 0 Å². The molecule has 1 aliphatic rings. The van der Waals surface area contributed by atoms with Gasteiger partial charge in [-0.15, -0.1) is 0 Å². The van der Waals surface area contributed by atoms with Crippen molar-refractivity contribution in [3.8, 4) is 0 Å². The fraction of sp³-hybridized carbons (Fsp3) is 0.500. The number of nitrogens with two attached hydrogens (primary N) is 1. The Kier molecular flexibility index (Phi) is 2.91. The predicted molar refractivity (Wildman–Crippen MR) is 59.8 cm³/mol. The summed E-state index contributed by atoms with van der Waals surface area (Å²) in [5, 5.41) is 3.39. The van der Waals surface area contributed by atoms with Crippen LogP contribution in [-0.2, 0) is 6.54 Å². The Morgan fingerprint density at radius 1 is 1.47 bits per heavy atom. The summed E-state index contributed by atoms with van der Waals surface area (Å²) >= 11 is 0. The third kappa shape index (κ3) is 2.29. The number of hydrogen-bond donors (Lipinski definition) is 2. The zero-order valence-electron chi connectivity index (χ0n) is 8.96. The van der Waals surface area contributed by atoms with Crippen LogP contribution < -0.4 is 11.1 Å². The first kappa shape index (κ1) is 10.4. The zero-order chi connectivity index (χ0) is 10.8. The fourth-order valence-corrected chi connectivity index (χ4v) is 2.06. The normalized spacial score (nSPS) is 24.9. The van der Waals surface area contributed by atoms with E-state index in [-0.39, 0.29) is 11.5 Å². The first-order valence-electron chi connectivity index (χ1n) is 5.43. The van der Waals surface area contributed by atoms with Gasteiger partial charge in [-0.1, -0.05) is 19.1 Å². The Morgan fingerprint density at radius 3 is 2.87 bits per heavy atom. The first-order chi connectivity index (χ1) is 7.16. The summed E-state index contributed by atoms with van der Waals surface area (Å²) in [6.07, 6.45) is 2.43. The average Bonchev–Trinajstić information content (AvgIpc) is 2.17. The SMILES string of the molecule is CC1CC(NCc2cccc(F)c2N)C1. The largest absolute Gasteiger partial charge is 0.396 e. The molecule has 82 valence electrons. The van der Waals surface area contributed by atoms with Crippen molar-refractivity contribution in [2.45, 2.75) is 32.4 Å². The molecule has 0 saturated heterocycles. The van der Waals surface area contributed by atoms with Gasteiger partial charge in [0.05, 0.1) is 5.69 Å². The first-order valence-corrected chi connectivity index (χ1v) is 5.43. The molecule has 0 heterocycles. The van der Waals surface area contributed by atoms with E-state index in [9.17, 15) is 4.39 Å². The molecule has 15 heavy (non-hydrogen) atoms. The highest BCUT2D eigenvalue weighted by molar-refractivity contribution is 5.47. The Bertz CT molecular complexity index is 345. The van der Waals surface area contributed by atoms with E-state index in [1.54, 1.807) is 6.07 Å². The number of halogens is 1. The molecule has 0 spiro atoms. The van der Waals surface area contributed by atoms with Crippen LogP contribution in [0.5, 0.6) is 0 Å². The topological polar surface area (TPSA) is 38.0 Å². The summed E-state index contributed by atoms with van der Waals surface area (Å²) in [5.41, 5.74) is 6.77. The smallest absolute Gasteiger partial charge is 0.146 e. The van der Waals surface area contributed by atoms with E-state index >= 15 is 0 Å². The number of benzene rings is 1. The molecule has 0 bridgehead atoms. The highest BCUT2D eigenvalue weighted by atomic mass is 19.1. The van der Waals surface area contributed by atoms with Gasteiger partial charge in [-0.2, -0.15) is 0 Å². The van der Waals surface area contributed by atoms with Crippen LogP contribution in [0.2, 0.25) is 0 Å². The van der Waals surface area contributed by atoms with Gasteiger partial charge in [0.15, 0.2) is 0 Å². The monoisotopic (exact) mass is 208 g/mol. The van der Waals surface area contributed by atoms with Gasteiger partial charge in [0.2, 0.25) is 0 Å². The second-order valence-electron chi connectivity index (χ2n) is 4.47. The molecule has 1 aliphatic carbocycles.